The van der Waals surface area contributed by atoms with Crippen LogP contribution in [0.4, 0.5) is 0 Å². The van der Waals surface area contributed by atoms with E-state index in [0.717, 1.165) is 34.6 Å². The molecule has 0 aromatic rings. The minimum atomic E-state index is -1.58. The lowest BCUT2D eigenvalue weighted by atomic mass is 10.0. The monoisotopic (exact) mass is 405 g/mol. The van der Waals surface area contributed by atoms with E-state index < -0.39 is 67.4 Å². The molecular weight excluding hydrogens is 382 g/mol. The summed E-state index contributed by atoms with van der Waals surface area (Å²) in [5.74, 6) is -4.14. The Labute approximate surface area is 160 Å². The predicted molar refractivity (Wildman–Crippen MR) is 89.5 cm³/mol. The molecule has 0 unspecified atom stereocenters. The Morgan fingerprint density at radius 2 is 1.04 bits per heavy atom. The molecule has 4 atom stereocenters. The molecule has 12 nitrogen and oxygen atoms in total. The highest BCUT2D eigenvalue weighted by Gasteiger charge is 2.44. The molecule has 0 aromatic heterocycles. The molecule has 0 radical (unpaired) electrons. The van der Waals surface area contributed by atoms with Crippen molar-refractivity contribution in [3.05, 3.63) is 4.91 Å². The van der Waals surface area contributed by atoms with Gasteiger partial charge in [0.25, 0.3) is 0 Å². The molecule has 0 aliphatic carbocycles. The summed E-state index contributed by atoms with van der Waals surface area (Å²) in [6.45, 7) is 3.99. The molecule has 158 valence electrons. The van der Waals surface area contributed by atoms with Gasteiger partial charge >= 0.3 is 29.8 Å². The van der Waals surface area contributed by atoms with Gasteiger partial charge in [-0.1, -0.05) is 5.18 Å². The highest BCUT2D eigenvalue weighted by molar-refractivity contribution is 5.69. The van der Waals surface area contributed by atoms with E-state index in [9.17, 15) is 28.9 Å². The molecule has 0 spiro atoms. The van der Waals surface area contributed by atoms with Crippen molar-refractivity contribution in [2.45, 2.75) is 59.0 Å². The van der Waals surface area contributed by atoms with Crippen LogP contribution in [0.25, 0.3) is 0 Å². The van der Waals surface area contributed by atoms with Gasteiger partial charge in [-0.2, -0.15) is 4.91 Å². The van der Waals surface area contributed by atoms with Crippen molar-refractivity contribution in [1.29, 1.82) is 0 Å². The second-order valence-corrected chi connectivity index (χ2v) is 5.56. The molecule has 0 fully saturated rings. The fourth-order valence-electron chi connectivity index (χ4n) is 2.20. The zero-order valence-electron chi connectivity index (χ0n) is 16.2. The maximum atomic E-state index is 11.6. The molecule has 0 aliphatic rings. The van der Waals surface area contributed by atoms with Crippen LogP contribution in [0.3, 0.4) is 0 Å². The maximum Gasteiger partial charge on any atom is 0.303 e. The third kappa shape index (κ3) is 10.2. The number of carbonyl (C=O) groups is 5. The van der Waals surface area contributed by atoms with E-state index in [2.05, 4.69) is 5.18 Å². The molecule has 0 aromatic carbocycles. The summed E-state index contributed by atoms with van der Waals surface area (Å²) < 4.78 is 24.9. The largest absolute Gasteiger partial charge is 0.462 e. The molecule has 0 aliphatic heterocycles. The third-order valence-electron chi connectivity index (χ3n) is 3.00. The molecular formula is C16H23NO11. The number of hydrogen-bond donors (Lipinski definition) is 0. The molecule has 12 heteroatoms. The zero-order valence-corrected chi connectivity index (χ0v) is 16.2. The minimum absolute atomic E-state index is 0.564. The number of ether oxygens (including phenoxy) is 5. The van der Waals surface area contributed by atoms with E-state index in [1.807, 2.05) is 0 Å². The van der Waals surface area contributed by atoms with Crippen molar-refractivity contribution in [2.75, 3.05) is 13.2 Å². The summed E-state index contributed by atoms with van der Waals surface area (Å²) in [6, 6.07) is 0. The normalized spacial score (nSPS) is 14.5. The lowest BCUT2D eigenvalue weighted by Crippen LogP contribution is -2.53. The topological polar surface area (TPSA) is 161 Å². The molecule has 0 saturated carbocycles. The first-order chi connectivity index (χ1) is 13.0. The van der Waals surface area contributed by atoms with E-state index in [4.69, 9.17) is 23.7 Å². The molecule has 0 heterocycles. The van der Waals surface area contributed by atoms with E-state index in [-0.39, 0.29) is 0 Å². The summed E-state index contributed by atoms with van der Waals surface area (Å²) in [5.41, 5.74) is 0. The number of rotatable bonds is 11. The standard InChI is InChI=1S/C16H23NO11/c1-8(18)24-7-14(26-10(3)20)16(28-12(5)22)15(27-11(4)21)13(6-17-23)25-9(2)19/h13-16H,6-7H2,1-5H3/t13-,14+,15+,16+/m0/s1. The fraction of sp³-hybridized carbons (Fsp3) is 0.688. The van der Waals surface area contributed by atoms with Crippen LogP contribution in [0.15, 0.2) is 5.18 Å². The van der Waals surface area contributed by atoms with Crippen LogP contribution >= 0.6 is 0 Å². The second-order valence-electron chi connectivity index (χ2n) is 5.56. The van der Waals surface area contributed by atoms with Crippen LogP contribution in [0.5, 0.6) is 0 Å². The smallest absolute Gasteiger partial charge is 0.303 e. The number of nitrogens with zero attached hydrogens (tertiary/aromatic N) is 1. The Bertz CT molecular complexity index is 603. The van der Waals surface area contributed by atoms with Crippen LogP contribution in [-0.4, -0.2) is 67.4 Å². The molecule has 28 heavy (non-hydrogen) atoms. The van der Waals surface area contributed by atoms with Gasteiger partial charge in [-0.3, -0.25) is 24.0 Å². The number of nitroso groups, excluding NO2 is 1. The van der Waals surface area contributed by atoms with Crippen molar-refractivity contribution in [3.63, 3.8) is 0 Å². The first-order valence-corrected chi connectivity index (χ1v) is 8.09. The van der Waals surface area contributed by atoms with Crippen LogP contribution in [0.1, 0.15) is 34.6 Å². The average molecular weight is 405 g/mol. The summed E-state index contributed by atoms with van der Waals surface area (Å²) in [4.78, 5) is 67.8. The quantitative estimate of drug-likeness (QED) is 0.259. The van der Waals surface area contributed by atoms with Gasteiger partial charge in [0.05, 0.1) is 0 Å². The van der Waals surface area contributed by atoms with Gasteiger partial charge in [0.1, 0.15) is 13.2 Å². The van der Waals surface area contributed by atoms with Gasteiger partial charge in [0.2, 0.25) is 0 Å². The van der Waals surface area contributed by atoms with Crippen molar-refractivity contribution >= 4 is 29.8 Å². The lowest BCUT2D eigenvalue weighted by Gasteiger charge is -2.34. The van der Waals surface area contributed by atoms with E-state index in [1.54, 1.807) is 0 Å². The zero-order chi connectivity index (χ0) is 21.9. The Morgan fingerprint density at radius 3 is 1.39 bits per heavy atom. The Morgan fingerprint density at radius 1 is 0.643 bits per heavy atom. The van der Waals surface area contributed by atoms with Gasteiger partial charge in [-0.15, -0.1) is 0 Å². The number of carbonyl (C=O) groups excluding carboxylic acids is 5. The van der Waals surface area contributed by atoms with Crippen molar-refractivity contribution in [2.24, 2.45) is 5.18 Å². The molecule has 0 N–H and O–H groups in total. The predicted octanol–water partition coefficient (Wildman–Crippen LogP) is 0.0427. The minimum Gasteiger partial charge on any atom is -0.462 e. The third-order valence-corrected chi connectivity index (χ3v) is 3.00. The van der Waals surface area contributed by atoms with Gasteiger partial charge in [-0.05, 0) is 0 Å². The van der Waals surface area contributed by atoms with E-state index in [0.29, 0.717) is 0 Å². The van der Waals surface area contributed by atoms with Crippen molar-refractivity contribution in [1.82, 2.24) is 0 Å². The number of esters is 5. The first kappa shape index (κ1) is 24.9. The van der Waals surface area contributed by atoms with Gasteiger partial charge in [-0.25, -0.2) is 0 Å². The fourth-order valence-corrected chi connectivity index (χ4v) is 2.20. The molecule has 0 amide bonds. The average Bonchev–Trinajstić information content (AvgIpc) is 2.53. The number of hydrogen-bond acceptors (Lipinski definition) is 12. The van der Waals surface area contributed by atoms with Crippen LogP contribution in [-0.2, 0) is 47.7 Å². The van der Waals surface area contributed by atoms with Crippen molar-refractivity contribution < 1.29 is 47.7 Å². The Balaban J connectivity index is 6.09. The summed E-state index contributed by atoms with van der Waals surface area (Å²) in [7, 11) is 0. The summed E-state index contributed by atoms with van der Waals surface area (Å²) in [5, 5.41) is 2.62. The summed E-state index contributed by atoms with van der Waals surface area (Å²) >= 11 is 0. The van der Waals surface area contributed by atoms with Crippen LogP contribution < -0.4 is 0 Å². The maximum absolute atomic E-state index is 11.6. The van der Waals surface area contributed by atoms with Crippen LogP contribution in [0.2, 0.25) is 0 Å². The molecule has 0 bridgehead atoms. The second kappa shape index (κ2) is 12.4. The SMILES string of the molecule is CC(=O)OC[C@@H](OC(C)=O)[C@@H](OC(C)=O)[C@H](OC(C)=O)[C@H](CN=O)OC(C)=O. The van der Waals surface area contributed by atoms with Crippen LogP contribution in [0, 0.1) is 4.91 Å². The molecule has 0 rings (SSSR count). The summed E-state index contributed by atoms with van der Waals surface area (Å²) in [6.07, 6.45) is -6.04. The Hall–Kier alpha value is -3.05. The van der Waals surface area contributed by atoms with E-state index >= 15 is 0 Å². The first-order valence-electron chi connectivity index (χ1n) is 8.09. The van der Waals surface area contributed by atoms with E-state index in [1.165, 1.54) is 0 Å². The Kier molecular flexibility index (Phi) is 11.0. The van der Waals surface area contributed by atoms with Gasteiger partial charge in [0.15, 0.2) is 24.4 Å². The van der Waals surface area contributed by atoms with Gasteiger partial charge in [0, 0.05) is 34.6 Å². The molecule has 0 saturated heterocycles. The van der Waals surface area contributed by atoms with Crippen molar-refractivity contribution in [3.8, 4) is 0 Å². The highest BCUT2D eigenvalue weighted by atomic mass is 16.6. The highest BCUT2D eigenvalue weighted by Crippen LogP contribution is 2.20. The lowest BCUT2D eigenvalue weighted by molar-refractivity contribution is -0.201. The van der Waals surface area contributed by atoms with Gasteiger partial charge < -0.3 is 23.7 Å².